The molecule has 0 saturated carbocycles. The van der Waals surface area contributed by atoms with Crippen LogP contribution in [0.1, 0.15) is 0 Å². The molecule has 7 heterocycles. The second-order valence-corrected chi connectivity index (χ2v) is 16.7. The van der Waals surface area contributed by atoms with Crippen molar-refractivity contribution >= 4 is 75.4 Å². The van der Waals surface area contributed by atoms with Crippen molar-refractivity contribution in [3.05, 3.63) is 195 Å². The van der Waals surface area contributed by atoms with Gasteiger partial charge >= 0.3 is 0 Å². The minimum absolute atomic E-state index is 0.568. The molecule has 9 heteroatoms. The standard InChI is InChI=1S/C54H32N8S/c1-3-12-33(13-4-1)52-58-53(34-14-5-2-6-15-34)60-54(59-52)62-45-19-10-8-17-40(45)42-29-35(22-25-46(42)62)36-21-23-41-39-16-7-9-18-44(39)61(47(41)30-36)38-28-37(31-55-32-38)43-24-26-49-51(57-43)50-48(63-49)20-11-27-56-50/h1-32H. The first kappa shape index (κ1) is 35.4. The molecule has 0 unspecified atom stereocenters. The molecule has 13 aromatic rings. The molecule has 294 valence electrons. The number of thiophene rings is 1. The van der Waals surface area contributed by atoms with Gasteiger partial charge < -0.3 is 4.57 Å². The zero-order valence-corrected chi connectivity index (χ0v) is 34.3. The lowest BCUT2D eigenvalue weighted by Gasteiger charge is -2.11. The molecule has 0 spiro atoms. The minimum atomic E-state index is 0.568. The molecule has 0 radical (unpaired) electrons. The fraction of sp³-hybridized carbons (Fsp3) is 0. The lowest BCUT2D eigenvalue weighted by molar-refractivity contribution is 0.953. The Bertz CT molecular complexity index is 3870. The Morgan fingerprint density at radius 1 is 0.381 bits per heavy atom. The molecule has 0 amide bonds. The number of fused-ring (bicyclic) bond motifs is 9. The van der Waals surface area contributed by atoms with E-state index in [-0.39, 0.29) is 0 Å². The number of hydrogen-bond acceptors (Lipinski definition) is 7. The van der Waals surface area contributed by atoms with Crippen LogP contribution in [0.3, 0.4) is 0 Å². The zero-order valence-electron chi connectivity index (χ0n) is 33.5. The van der Waals surface area contributed by atoms with E-state index in [4.69, 9.17) is 24.9 Å². The predicted octanol–water partition coefficient (Wildman–Crippen LogP) is 13.3. The second kappa shape index (κ2) is 14.1. The number of nitrogens with zero attached hydrogens (tertiary/aromatic N) is 8. The molecule has 8 nitrogen and oxygen atoms in total. The SMILES string of the molecule is c1ccc(-c2nc(-c3ccccc3)nc(-n3c4ccccc4c4cc(-c5ccc6c7ccccc7n(-c7cncc(-c8ccc9sc%10cccnc%10c9n8)c7)c6c5)ccc43)n2)cc1. The average Bonchev–Trinajstić information content (AvgIpc) is 4.01. The Labute approximate surface area is 364 Å². The molecule has 7 aromatic heterocycles. The fourth-order valence-corrected chi connectivity index (χ4v) is 10.0. The molecule has 13 rings (SSSR count). The van der Waals surface area contributed by atoms with Crippen molar-refractivity contribution in [1.29, 1.82) is 0 Å². The third-order valence-corrected chi connectivity index (χ3v) is 13.0. The van der Waals surface area contributed by atoms with Gasteiger partial charge in [-0.15, -0.1) is 11.3 Å². The van der Waals surface area contributed by atoms with Crippen LogP contribution in [-0.2, 0) is 0 Å². The number of pyridine rings is 3. The van der Waals surface area contributed by atoms with Gasteiger partial charge in [0.1, 0.15) is 11.0 Å². The molecule has 0 fully saturated rings. The third kappa shape index (κ3) is 5.75. The smallest absolute Gasteiger partial charge is 0.238 e. The molecule has 0 aliphatic carbocycles. The molecule has 0 aliphatic rings. The quantitative estimate of drug-likeness (QED) is 0.166. The van der Waals surface area contributed by atoms with Crippen molar-refractivity contribution in [2.75, 3.05) is 0 Å². The number of benzene rings is 6. The van der Waals surface area contributed by atoms with E-state index in [2.05, 4.69) is 123 Å². The summed E-state index contributed by atoms with van der Waals surface area (Å²) in [5.74, 6) is 1.81. The number of rotatable bonds is 6. The van der Waals surface area contributed by atoms with E-state index in [1.165, 1.54) is 10.8 Å². The van der Waals surface area contributed by atoms with E-state index in [1.807, 2.05) is 85.3 Å². The van der Waals surface area contributed by atoms with Crippen LogP contribution in [0.4, 0.5) is 0 Å². The van der Waals surface area contributed by atoms with Crippen molar-refractivity contribution in [2.24, 2.45) is 0 Å². The first-order valence-corrected chi connectivity index (χ1v) is 21.6. The molecule has 0 saturated heterocycles. The van der Waals surface area contributed by atoms with Gasteiger partial charge in [0.2, 0.25) is 5.95 Å². The summed E-state index contributed by atoms with van der Waals surface area (Å²) in [6.45, 7) is 0. The highest BCUT2D eigenvalue weighted by Crippen LogP contribution is 2.39. The van der Waals surface area contributed by atoms with Gasteiger partial charge in [0.05, 0.1) is 49.0 Å². The van der Waals surface area contributed by atoms with Crippen LogP contribution in [0, 0.1) is 0 Å². The predicted molar refractivity (Wildman–Crippen MR) is 257 cm³/mol. The maximum atomic E-state index is 5.12. The summed E-state index contributed by atoms with van der Waals surface area (Å²) in [6, 6.07) is 61.3. The van der Waals surface area contributed by atoms with Crippen LogP contribution in [0.5, 0.6) is 0 Å². The Morgan fingerprint density at radius 2 is 1.02 bits per heavy atom. The van der Waals surface area contributed by atoms with Crippen molar-refractivity contribution in [1.82, 2.24) is 39.0 Å². The topological polar surface area (TPSA) is 87.2 Å². The zero-order chi connectivity index (χ0) is 41.4. The first-order chi connectivity index (χ1) is 31.2. The summed E-state index contributed by atoms with van der Waals surface area (Å²) in [7, 11) is 0. The van der Waals surface area contributed by atoms with Crippen molar-refractivity contribution in [3.8, 4) is 56.8 Å². The monoisotopic (exact) mass is 824 g/mol. The number of para-hydroxylation sites is 2. The summed E-state index contributed by atoms with van der Waals surface area (Å²) >= 11 is 1.72. The third-order valence-electron chi connectivity index (χ3n) is 11.9. The van der Waals surface area contributed by atoms with E-state index in [9.17, 15) is 0 Å². The van der Waals surface area contributed by atoms with Crippen molar-refractivity contribution < 1.29 is 0 Å². The Balaban J connectivity index is 0.961. The largest absolute Gasteiger partial charge is 0.308 e. The van der Waals surface area contributed by atoms with Crippen LogP contribution in [-0.4, -0.2) is 39.0 Å². The van der Waals surface area contributed by atoms with Gasteiger partial charge in [-0.3, -0.25) is 14.5 Å². The lowest BCUT2D eigenvalue weighted by Crippen LogP contribution is -2.06. The van der Waals surface area contributed by atoms with E-state index in [0.717, 1.165) is 92.5 Å². The summed E-state index contributed by atoms with van der Waals surface area (Å²) in [6.07, 6.45) is 5.67. The normalized spacial score (nSPS) is 11.8. The average molecular weight is 825 g/mol. The van der Waals surface area contributed by atoms with Gasteiger partial charge in [-0.25, -0.2) is 9.97 Å². The van der Waals surface area contributed by atoms with Crippen molar-refractivity contribution in [3.63, 3.8) is 0 Å². The molecule has 0 atom stereocenters. The van der Waals surface area contributed by atoms with Gasteiger partial charge in [0, 0.05) is 50.6 Å². The summed E-state index contributed by atoms with van der Waals surface area (Å²) in [5, 5.41) is 4.58. The Kier molecular flexibility index (Phi) is 7.91. The Morgan fingerprint density at radius 3 is 1.79 bits per heavy atom. The first-order valence-electron chi connectivity index (χ1n) is 20.8. The van der Waals surface area contributed by atoms with Gasteiger partial charge in [0.15, 0.2) is 11.6 Å². The highest BCUT2D eigenvalue weighted by molar-refractivity contribution is 7.25. The maximum absolute atomic E-state index is 5.12. The van der Waals surface area contributed by atoms with E-state index >= 15 is 0 Å². The minimum Gasteiger partial charge on any atom is -0.308 e. The highest BCUT2D eigenvalue weighted by atomic mass is 32.1. The van der Waals surface area contributed by atoms with E-state index in [0.29, 0.717) is 17.6 Å². The van der Waals surface area contributed by atoms with Gasteiger partial charge in [-0.2, -0.15) is 9.97 Å². The fourth-order valence-electron chi connectivity index (χ4n) is 9.01. The van der Waals surface area contributed by atoms with Crippen LogP contribution >= 0.6 is 11.3 Å². The van der Waals surface area contributed by atoms with Gasteiger partial charge in [0.25, 0.3) is 0 Å². The van der Waals surface area contributed by atoms with Crippen LogP contribution in [0.25, 0.3) is 121 Å². The highest BCUT2D eigenvalue weighted by Gasteiger charge is 2.20. The molecule has 0 N–H and O–H groups in total. The van der Waals surface area contributed by atoms with E-state index < -0.39 is 0 Å². The van der Waals surface area contributed by atoms with Crippen LogP contribution in [0.2, 0.25) is 0 Å². The Hall–Kier alpha value is -8.40. The van der Waals surface area contributed by atoms with E-state index in [1.54, 1.807) is 11.3 Å². The van der Waals surface area contributed by atoms with Crippen LogP contribution < -0.4 is 0 Å². The molecular weight excluding hydrogens is 793 g/mol. The number of aromatic nitrogens is 8. The molecule has 6 aromatic carbocycles. The van der Waals surface area contributed by atoms with Gasteiger partial charge in [-0.05, 0) is 71.8 Å². The molecule has 63 heavy (non-hydrogen) atoms. The lowest BCUT2D eigenvalue weighted by atomic mass is 10.0. The van der Waals surface area contributed by atoms with Crippen molar-refractivity contribution in [2.45, 2.75) is 0 Å². The molecule has 0 aliphatic heterocycles. The summed E-state index contributed by atoms with van der Waals surface area (Å²) in [5.41, 5.74) is 12.9. The molecule has 0 bridgehead atoms. The number of hydrogen-bond donors (Lipinski definition) is 0. The van der Waals surface area contributed by atoms with Crippen LogP contribution in [0.15, 0.2) is 195 Å². The summed E-state index contributed by atoms with van der Waals surface area (Å²) < 4.78 is 6.74. The summed E-state index contributed by atoms with van der Waals surface area (Å²) in [4.78, 5) is 29.8. The maximum Gasteiger partial charge on any atom is 0.238 e. The second-order valence-electron chi connectivity index (χ2n) is 15.6. The van der Waals surface area contributed by atoms with Gasteiger partial charge in [-0.1, -0.05) is 115 Å². The molecular formula is C54H32N8S.